The fraction of sp³-hybridized carbons (Fsp3) is 0.421. The second-order valence-corrected chi connectivity index (χ2v) is 6.11. The highest BCUT2D eigenvalue weighted by Gasteiger charge is 2.30. The number of aliphatic hydroxyl groups excluding tert-OH is 1. The first kappa shape index (κ1) is 18.1. The fourth-order valence-electron chi connectivity index (χ4n) is 3.42. The Morgan fingerprint density at radius 1 is 1.27 bits per heavy atom. The first-order chi connectivity index (χ1) is 12.7. The van der Waals surface area contributed by atoms with Gasteiger partial charge in [0.1, 0.15) is 5.69 Å². The quantitative estimate of drug-likeness (QED) is 0.851. The van der Waals surface area contributed by atoms with Gasteiger partial charge in [-0.2, -0.15) is 9.97 Å². The predicted octanol–water partition coefficient (Wildman–Crippen LogP) is 2.01. The molecule has 1 heterocycles. The Hall–Kier alpha value is -2.67. The lowest BCUT2D eigenvalue weighted by molar-refractivity contribution is 0.0602. The number of fused-ring (bicyclic) bond motifs is 1. The summed E-state index contributed by atoms with van der Waals surface area (Å²) >= 11 is 0. The number of methoxy groups -OCH3 is 2. The molecular weight excluding hydrogens is 334 g/mol. The average molecular weight is 357 g/mol. The smallest absolute Gasteiger partial charge is 0.320 e. The molecule has 0 radical (unpaired) electrons. The number of carbonyl (C=O) groups excluding carboxylic acids is 1. The van der Waals surface area contributed by atoms with E-state index in [2.05, 4.69) is 22.1 Å². The van der Waals surface area contributed by atoms with Crippen LogP contribution in [-0.4, -0.2) is 53.3 Å². The molecule has 1 amide bonds. The Labute approximate surface area is 152 Å². The van der Waals surface area contributed by atoms with Gasteiger partial charge in [-0.1, -0.05) is 24.3 Å². The monoisotopic (exact) mass is 357 g/mol. The average Bonchev–Trinajstić information content (AvgIpc) is 2.70. The lowest BCUT2D eigenvalue weighted by Crippen LogP contribution is -2.39. The highest BCUT2D eigenvalue weighted by molar-refractivity contribution is 5.93. The summed E-state index contributed by atoms with van der Waals surface area (Å²) in [7, 11) is 2.91. The second kappa shape index (κ2) is 8.14. The summed E-state index contributed by atoms with van der Waals surface area (Å²) in [5.41, 5.74) is 2.57. The van der Waals surface area contributed by atoms with Crippen LogP contribution in [0.25, 0.3) is 0 Å². The van der Waals surface area contributed by atoms with E-state index >= 15 is 0 Å². The SMILES string of the molecule is COc1cc(C(=O)N(CCO)C2CCCc3ccccc32)nc(OC)n1. The van der Waals surface area contributed by atoms with Crippen LogP contribution in [0.3, 0.4) is 0 Å². The van der Waals surface area contributed by atoms with Crippen molar-refractivity contribution >= 4 is 5.91 Å². The molecule has 0 fully saturated rings. The summed E-state index contributed by atoms with van der Waals surface area (Å²) in [6, 6.07) is 9.61. The number of amides is 1. The van der Waals surface area contributed by atoms with Crippen molar-refractivity contribution in [3.8, 4) is 11.9 Å². The predicted molar refractivity (Wildman–Crippen MR) is 95.4 cm³/mol. The molecule has 1 unspecified atom stereocenters. The van der Waals surface area contributed by atoms with Crippen molar-refractivity contribution in [1.82, 2.24) is 14.9 Å². The van der Waals surface area contributed by atoms with Crippen molar-refractivity contribution in [3.05, 3.63) is 47.2 Å². The molecule has 1 N–H and O–H groups in total. The number of hydrogen-bond donors (Lipinski definition) is 1. The molecule has 1 aliphatic carbocycles. The summed E-state index contributed by atoms with van der Waals surface area (Å²) < 4.78 is 10.2. The molecule has 26 heavy (non-hydrogen) atoms. The molecule has 138 valence electrons. The highest BCUT2D eigenvalue weighted by atomic mass is 16.5. The fourth-order valence-corrected chi connectivity index (χ4v) is 3.42. The van der Waals surface area contributed by atoms with Crippen LogP contribution in [0.15, 0.2) is 30.3 Å². The zero-order chi connectivity index (χ0) is 18.5. The van der Waals surface area contributed by atoms with Gasteiger partial charge in [-0.15, -0.1) is 0 Å². The van der Waals surface area contributed by atoms with Crippen molar-refractivity contribution in [2.24, 2.45) is 0 Å². The molecule has 0 spiro atoms. The maximum absolute atomic E-state index is 13.2. The van der Waals surface area contributed by atoms with Gasteiger partial charge < -0.3 is 19.5 Å². The van der Waals surface area contributed by atoms with E-state index in [9.17, 15) is 9.90 Å². The Bertz CT molecular complexity index is 759. The lowest BCUT2D eigenvalue weighted by atomic mass is 9.86. The summed E-state index contributed by atoms with van der Waals surface area (Å²) in [5.74, 6) is -0.0204. The summed E-state index contributed by atoms with van der Waals surface area (Å²) in [5, 5.41) is 9.54. The first-order valence-electron chi connectivity index (χ1n) is 8.64. The molecule has 1 aromatic heterocycles. The van der Waals surface area contributed by atoms with Gasteiger partial charge in [-0.3, -0.25) is 4.79 Å². The zero-order valence-electron chi connectivity index (χ0n) is 15.0. The van der Waals surface area contributed by atoms with Crippen molar-refractivity contribution < 1.29 is 19.4 Å². The molecule has 1 atom stereocenters. The number of ether oxygens (including phenoxy) is 2. The third-order valence-electron chi connectivity index (χ3n) is 4.61. The number of hydrogen-bond acceptors (Lipinski definition) is 6. The molecule has 7 nitrogen and oxygen atoms in total. The number of nitrogens with zero attached hydrogens (tertiary/aromatic N) is 3. The maximum Gasteiger partial charge on any atom is 0.320 e. The normalized spacial score (nSPS) is 15.9. The van der Waals surface area contributed by atoms with Crippen molar-refractivity contribution in [2.75, 3.05) is 27.4 Å². The van der Waals surface area contributed by atoms with E-state index in [1.54, 1.807) is 4.90 Å². The van der Waals surface area contributed by atoms with Crippen LogP contribution in [0.2, 0.25) is 0 Å². The zero-order valence-corrected chi connectivity index (χ0v) is 15.0. The summed E-state index contributed by atoms with van der Waals surface area (Å²) in [4.78, 5) is 23.1. The Balaban J connectivity index is 1.97. The highest BCUT2D eigenvalue weighted by Crippen LogP contribution is 2.35. The molecular formula is C19H23N3O4. The Kier molecular flexibility index (Phi) is 5.68. The number of aliphatic hydroxyl groups is 1. The summed E-state index contributed by atoms with van der Waals surface area (Å²) in [6.07, 6.45) is 2.85. The van der Waals surface area contributed by atoms with E-state index in [1.165, 1.54) is 25.8 Å². The molecule has 1 aliphatic rings. The van der Waals surface area contributed by atoms with Crippen LogP contribution in [0.4, 0.5) is 0 Å². The van der Waals surface area contributed by atoms with Gasteiger partial charge in [0.05, 0.1) is 26.9 Å². The van der Waals surface area contributed by atoms with E-state index in [0.717, 1.165) is 24.8 Å². The minimum atomic E-state index is -0.278. The van der Waals surface area contributed by atoms with Gasteiger partial charge in [0.15, 0.2) is 0 Å². The third kappa shape index (κ3) is 3.62. The lowest BCUT2D eigenvalue weighted by Gasteiger charge is -2.35. The number of rotatable bonds is 6. The Morgan fingerprint density at radius 3 is 2.81 bits per heavy atom. The number of aryl methyl sites for hydroxylation is 1. The topological polar surface area (TPSA) is 84.8 Å². The third-order valence-corrected chi connectivity index (χ3v) is 4.61. The molecule has 0 saturated heterocycles. The second-order valence-electron chi connectivity index (χ2n) is 6.11. The van der Waals surface area contributed by atoms with Gasteiger partial charge in [-0.25, -0.2) is 0 Å². The molecule has 0 aliphatic heterocycles. The van der Waals surface area contributed by atoms with Gasteiger partial charge in [0, 0.05) is 12.6 Å². The molecule has 0 saturated carbocycles. The van der Waals surface area contributed by atoms with Crippen LogP contribution in [0, 0.1) is 0 Å². The van der Waals surface area contributed by atoms with Gasteiger partial charge in [0.25, 0.3) is 5.91 Å². The maximum atomic E-state index is 13.2. The van der Waals surface area contributed by atoms with Crippen LogP contribution in [0.5, 0.6) is 11.9 Å². The van der Waals surface area contributed by atoms with E-state index in [4.69, 9.17) is 9.47 Å². The minimum Gasteiger partial charge on any atom is -0.481 e. The van der Waals surface area contributed by atoms with Crippen molar-refractivity contribution in [3.63, 3.8) is 0 Å². The van der Waals surface area contributed by atoms with Gasteiger partial charge in [-0.05, 0) is 30.4 Å². The van der Waals surface area contributed by atoms with Crippen LogP contribution in [0.1, 0.15) is 40.5 Å². The van der Waals surface area contributed by atoms with E-state index in [-0.39, 0.29) is 42.7 Å². The number of carbonyl (C=O) groups is 1. The largest absolute Gasteiger partial charge is 0.481 e. The molecule has 0 bridgehead atoms. The van der Waals surface area contributed by atoms with Crippen LogP contribution < -0.4 is 9.47 Å². The molecule has 7 heteroatoms. The van der Waals surface area contributed by atoms with E-state index < -0.39 is 0 Å². The van der Waals surface area contributed by atoms with Crippen LogP contribution in [-0.2, 0) is 6.42 Å². The number of aromatic nitrogens is 2. The Morgan fingerprint density at radius 2 is 2.08 bits per heavy atom. The molecule has 2 aromatic rings. The summed E-state index contributed by atoms with van der Waals surface area (Å²) in [6.45, 7) is 0.107. The van der Waals surface area contributed by atoms with E-state index in [0.29, 0.717) is 0 Å². The molecule has 3 rings (SSSR count). The standard InChI is InChI=1S/C19H23N3O4/c1-25-17-12-15(20-19(21-17)26-2)18(24)22(10-11-23)16-9-5-7-13-6-3-4-8-14(13)16/h3-4,6,8,12,16,23H,5,7,9-11H2,1-2H3. The first-order valence-corrected chi connectivity index (χ1v) is 8.64. The van der Waals surface area contributed by atoms with E-state index in [1.807, 2.05) is 12.1 Å². The van der Waals surface area contributed by atoms with Crippen LogP contribution >= 0.6 is 0 Å². The van der Waals surface area contributed by atoms with Gasteiger partial charge >= 0.3 is 6.01 Å². The molecule has 1 aromatic carbocycles. The minimum absolute atomic E-state index is 0.0701. The van der Waals surface area contributed by atoms with Crippen molar-refractivity contribution in [2.45, 2.75) is 25.3 Å². The van der Waals surface area contributed by atoms with Crippen molar-refractivity contribution in [1.29, 1.82) is 0 Å². The number of benzene rings is 1. The van der Waals surface area contributed by atoms with Gasteiger partial charge in [0.2, 0.25) is 5.88 Å².